The Bertz CT molecular complexity index is 596. The summed E-state index contributed by atoms with van der Waals surface area (Å²) in [6.45, 7) is 2.12. The van der Waals surface area contributed by atoms with Gasteiger partial charge in [0.1, 0.15) is 9.88 Å². The summed E-state index contributed by atoms with van der Waals surface area (Å²) in [6, 6.07) is 4.14. The van der Waals surface area contributed by atoms with Gasteiger partial charge in [0.25, 0.3) is 0 Å². The maximum absolute atomic E-state index is 11.2. The first-order valence-corrected chi connectivity index (χ1v) is 7.65. The molecule has 0 radical (unpaired) electrons. The van der Waals surface area contributed by atoms with Crippen LogP contribution in [0, 0.1) is 0 Å². The van der Waals surface area contributed by atoms with Crippen molar-refractivity contribution < 1.29 is 9.90 Å². The van der Waals surface area contributed by atoms with Crippen molar-refractivity contribution >= 4 is 28.6 Å². The summed E-state index contributed by atoms with van der Waals surface area (Å²) in [4.78, 5) is 18.6. The van der Waals surface area contributed by atoms with E-state index in [4.69, 9.17) is 0 Å². The number of aromatic carboxylic acids is 1. The molecule has 0 amide bonds. The number of nitrogens with zero attached hydrogens (tertiary/aromatic N) is 1. The molecule has 0 saturated heterocycles. The Morgan fingerprint density at radius 2 is 2.22 bits per heavy atom. The summed E-state index contributed by atoms with van der Waals surface area (Å²) in [5.74, 6) is -0.459. The van der Waals surface area contributed by atoms with Crippen molar-refractivity contribution in [1.82, 2.24) is 4.98 Å². The van der Waals surface area contributed by atoms with Crippen LogP contribution in [0.5, 0.6) is 0 Å². The van der Waals surface area contributed by atoms with E-state index in [0.717, 1.165) is 34.8 Å². The van der Waals surface area contributed by atoms with E-state index in [1.54, 1.807) is 11.3 Å². The van der Waals surface area contributed by atoms with Crippen molar-refractivity contribution in [2.45, 2.75) is 32.1 Å². The van der Waals surface area contributed by atoms with Gasteiger partial charge in [-0.1, -0.05) is 6.92 Å². The number of hydrogen-bond donors (Lipinski definition) is 1. The van der Waals surface area contributed by atoms with Gasteiger partial charge in [-0.2, -0.15) is 0 Å². The molecular weight excluding hydrogens is 266 g/mol. The molecule has 3 nitrogen and oxygen atoms in total. The largest absolute Gasteiger partial charge is 0.477 e. The normalized spacial score (nSPS) is 14.9. The molecule has 18 heavy (non-hydrogen) atoms. The van der Waals surface area contributed by atoms with Crippen molar-refractivity contribution in [3.8, 4) is 9.88 Å². The molecule has 2 aromatic rings. The van der Waals surface area contributed by atoms with Crippen molar-refractivity contribution in [3.63, 3.8) is 0 Å². The minimum Gasteiger partial charge on any atom is -0.477 e. The predicted octanol–water partition coefficient (Wildman–Crippen LogP) is 4.01. The van der Waals surface area contributed by atoms with Crippen LogP contribution in [0.4, 0.5) is 0 Å². The molecule has 0 bridgehead atoms. The smallest absolute Gasteiger partial charge is 0.347 e. The lowest BCUT2D eigenvalue weighted by molar-refractivity contribution is 0.0700. The standard InChI is InChI=1S/C13H13NO2S2/c1-2-8-5-6-9(17-8)12-14-10(7-3-4-7)11(18-12)13(15)16/h5-7H,2-4H2,1H3,(H,15,16). The molecule has 1 saturated carbocycles. The molecule has 0 atom stereocenters. The average Bonchev–Trinajstić information content (AvgIpc) is 2.94. The number of thiophene rings is 1. The molecule has 1 fully saturated rings. The van der Waals surface area contributed by atoms with Crippen LogP contribution in [0.1, 0.15) is 45.9 Å². The number of carboxylic acids is 1. The van der Waals surface area contributed by atoms with Gasteiger partial charge >= 0.3 is 5.97 Å². The van der Waals surface area contributed by atoms with Gasteiger partial charge in [0.05, 0.1) is 10.6 Å². The van der Waals surface area contributed by atoms with E-state index < -0.39 is 5.97 Å². The van der Waals surface area contributed by atoms with Crippen LogP contribution in [0.2, 0.25) is 0 Å². The van der Waals surface area contributed by atoms with Gasteiger partial charge in [-0.3, -0.25) is 0 Å². The van der Waals surface area contributed by atoms with Crippen molar-refractivity contribution in [2.75, 3.05) is 0 Å². The topological polar surface area (TPSA) is 50.2 Å². The number of aromatic nitrogens is 1. The number of carboxylic acid groups (broad SMARTS) is 1. The molecule has 0 aromatic carbocycles. The lowest BCUT2D eigenvalue weighted by Crippen LogP contribution is -1.97. The predicted molar refractivity (Wildman–Crippen MR) is 73.7 cm³/mol. The Kier molecular flexibility index (Phi) is 2.95. The zero-order valence-electron chi connectivity index (χ0n) is 9.97. The van der Waals surface area contributed by atoms with Crippen molar-refractivity contribution in [2.24, 2.45) is 0 Å². The zero-order valence-corrected chi connectivity index (χ0v) is 11.6. The fourth-order valence-corrected chi connectivity index (χ4v) is 3.90. The molecule has 0 spiro atoms. The molecule has 1 N–H and O–H groups in total. The summed E-state index contributed by atoms with van der Waals surface area (Å²) in [6.07, 6.45) is 3.17. The molecule has 94 valence electrons. The van der Waals surface area contributed by atoms with Gasteiger partial charge in [-0.25, -0.2) is 9.78 Å². The van der Waals surface area contributed by atoms with Crippen molar-refractivity contribution in [1.29, 1.82) is 0 Å². The molecule has 2 heterocycles. The molecule has 5 heteroatoms. The van der Waals surface area contributed by atoms with Crippen molar-refractivity contribution in [3.05, 3.63) is 27.6 Å². The number of carbonyl (C=O) groups is 1. The van der Waals surface area contributed by atoms with Gasteiger partial charge in [-0.05, 0) is 31.4 Å². The molecular formula is C13H13NO2S2. The first-order valence-electron chi connectivity index (χ1n) is 6.02. The van der Waals surface area contributed by atoms with Gasteiger partial charge in [0, 0.05) is 10.8 Å². The van der Waals surface area contributed by atoms with E-state index in [2.05, 4.69) is 18.0 Å². The van der Waals surface area contributed by atoms with Crippen LogP contribution < -0.4 is 0 Å². The lowest BCUT2D eigenvalue weighted by Gasteiger charge is -1.91. The fourth-order valence-electron chi connectivity index (χ4n) is 1.91. The van der Waals surface area contributed by atoms with Gasteiger partial charge in [0.2, 0.25) is 0 Å². The Balaban J connectivity index is 2.01. The second-order valence-electron chi connectivity index (χ2n) is 4.43. The van der Waals surface area contributed by atoms with Gasteiger partial charge < -0.3 is 5.11 Å². The van der Waals surface area contributed by atoms with E-state index in [0.29, 0.717) is 10.8 Å². The summed E-state index contributed by atoms with van der Waals surface area (Å²) in [5.41, 5.74) is 0.800. The van der Waals surface area contributed by atoms with Crippen LogP contribution in [0.15, 0.2) is 12.1 Å². The fraction of sp³-hybridized carbons (Fsp3) is 0.385. The Morgan fingerprint density at radius 3 is 2.78 bits per heavy atom. The third-order valence-electron chi connectivity index (χ3n) is 3.03. The lowest BCUT2D eigenvalue weighted by atomic mass is 10.2. The third kappa shape index (κ3) is 2.08. The van der Waals surface area contributed by atoms with Crippen LogP contribution in [0.25, 0.3) is 9.88 Å². The van der Waals surface area contributed by atoms with Crippen LogP contribution in [-0.2, 0) is 6.42 Å². The molecule has 1 aliphatic carbocycles. The van der Waals surface area contributed by atoms with Gasteiger partial charge in [-0.15, -0.1) is 22.7 Å². The Morgan fingerprint density at radius 1 is 1.44 bits per heavy atom. The Hall–Kier alpha value is -1.20. The Labute approximate surface area is 113 Å². The highest BCUT2D eigenvalue weighted by atomic mass is 32.1. The van der Waals surface area contributed by atoms with Crippen LogP contribution in [-0.4, -0.2) is 16.1 Å². The van der Waals surface area contributed by atoms with E-state index >= 15 is 0 Å². The third-order valence-corrected chi connectivity index (χ3v) is 5.49. The van der Waals surface area contributed by atoms with E-state index in [-0.39, 0.29) is 0 Å². The van der Waals surface area contributed by atoms with E-state index in [1.807, 2.05) is 6.07 Å². The molecule has 0 aliphatic heterocycles. The summed E-state index contributed by atoms with van der Waals surface area (Å²) >= 11 is 3.02. The average molecular weight is 279 g/mol. The van der Waals surface area contributed by atoms with Crippen LogP contribution in [0.3, 0.4) is 0 Å². The minimum atomic E-state index is -0.840. The summed E-state index contributed by atoms with van der Waals surface area (Å²) < 4.78 is 0. The number of aryl methyl sites for hydroxylation is 1. The maximum atomic E-state index is 11.2. The SMILES string of the molecule is CCc1ccc(-c2nc(C3CC3)c(C(=O)O)s2)s1. The quantitative estimate of drug-likeness (QED) is 0.920. The molecule has 3 rings (SSSR count). The minimum absolute atomic E-state index is 0.381. The molecule has 2 aromatic heterocycles. The number of hydrogen-bond acceptors (Lipinski definition) is 4. The van der Waals surface area contributed by atoms with E-state index in [9.17, 15) is 9.90 Å². The zero-order chi connectivity index (χ0) is 12.7. The summed E-state index contributed by atoms with van der Waals surface area (Å²) in [7, 11) is 0. The first kappa shape index (κ1) is 11.9. The highest BCUT2D eigenvalue weighted by molar-refractivity contribution is 7.22. The first-order chi connectivity index (χ1) is 8.69. The monoisotopic (exact) mass is 279 g/mol. The second-order valence-corrected chi connectivity index (χ2v) is 6.60. The van der Waals surface area contributed by atoms with Gasteiger partial charge in [0.15, 0.2) is 0 Å². The highest BCUT2D eigenvalue weighted by Crippen LogP contribution is 2.44. The second kappa shape index (κ2) is 4.48. The molecule has 1 aliphatic rings. The number of thiazole rings is 1. The highest BCUT2D eigenvalue weighted by Gasteiger charge is 2.32. The molecule has 0 unspecified atom stereocenters. The summed E-state index contributed by atoms with van der Waals surface area (Å²) in [5, 5.41) is 10.1. The van der Waals surface area contributed by atoms with Crippen LogP contribution >= 0.6 is 22.7 Å². The maximum Gasteiger partial charge on any atom is 0.347 e. The van der Waals surface area contributed by atoms with E-state index in [1.165, 1.54) is 16.2 Å². The number of rotatable bonds is 4.